The van der Waals surface area contributed by atoms with Gasteiger partial charge in [-0.15, -0.1) is 0 Å². The molecule has 1 heterocycles. The summed E-state index contributed by atoms with van der Waals surface area (Å²) in [5.74, 6) is 5.42. The Morgan fingerprint density at radius 3 is 2.43 bits per heavy atom. The maximum atomic E-state index is 11.4. The van der Waals surface area contributed by atoms with Crippen molar-refractivity contribution in [2.75, 3.05) is 6.54 Å². The van der Waals surface area contributed by atoms with Crippen molar-refractivity contribution in [1.82, 2.24) is 15.3 Å². The summed E-state index contributed by atoms with van der Waals surface area (Å²) >= 11 is 0. The van der Waals surface area contributed by atoms with E-state index in [-0.39, 0.29) is 5.91 Å². The number of nitrogen functional groups attached to an aromatic ring is 1. The molecule has 5 heteroatoms. The van der Waals surface area contributed by atoms with Crippen molar-refractivity contribution >= 4 is 5.91 Å². The van der Waals surface area contributed by atoms with Crippen LogP contribution >= 0.6 is 0 Å². The van der Waals surface area contributed by atoms with Gasteiger partial charge in [-0.2, -0.15) is 0 Å². The molecule has 0 aliphatic carbocycles. The Balaban J connectivity index is 2.80. The molecule has 0 aromatic carbocycles. The molecule has 0 aliphatic rings. The molecule has 5 nitrogen and oxygen atoms in total. The summed E-state index contributed by atoms with van der Waals surface area (Å²) in [6.45, 7) is 10.8. The van der Waals surface area contributed by atoms with E-state index in [4.69, 9.17) is 5.84 Å². The Kier molecular flexibility index (Phi) is 7.32. The van der Waals surface area contributed by atoms with Crippen LogP contribution in [-0.2, 0) is 6.54 Å². The van der Waals surface area contributed by atoms with Crippen molar-refractivity contribution in [2.45, 2.75) is 53.1 Å². The van der Waals surface area contributed by atoms with E-state index in [0.29, 0.717) is 17.5 Å². The van der Waals surface area contributed by atoms with Crippen LogP contribution in [0.15, 0.2) is 18.3 Å². The molecule has 0 spiro atoms. The second-order valence-corrected chi connectivity index (χ2v) is 5.81. The number of hydrogen-bond acceptors (Lipinski definition) is 4. The highest BCUT2D eigenvalue weighted by atomic mass is 16.2. The van der Waals surface area contributed by atoms with Crippen molar-refractivity contribution in [3.63, 3.8) is 0 Å². The van der Waals surface area contributed by atoms with Gasteiger partial charge in [-0.25, -0.2) is 5.84 Å². The topological polar surface area (TPSA) is 71.2 Å². The van der Waals surface area contributed by atoms with Gasteiger partial charge in [-0.1, -0.05) is 27.7 Å². The Morgan fingerprint density at radius 2 is 2.00 bits per heavy atom. The van der Waals surface area contributed by atoms with Crippen LogP contribution < -0.4 is 11.3 Å². The Morgan fingerprint density at radius 1 is 1.33 bits per heavy atom. The molecule has 0 atom stereocenters. The maximum Gasteiger partial charge on any atom is 0.266 e. The monoisotopic (exact) mass is 292 g/mol. The molecular weight excluding hydrogens is 264 g/mol. The highest BCUT2D eigenvalue weighted by Crippen LogP contribution is 2.15. The fourth-order valence-electron chi connectivity index (χ4n) is 2.56. The average molecular weight is 292 g/mol. The zero-order chi connectivity index (χ0) is 15.8. The van der Waals surface area contributed by atoms with Gasteiger partial charge in [0.2, 0.25) is 0 Å². The summed E-state index contributed by atoms with van der Waals surface area (Å²) in [5.41, 5.74) is 3.58. The summed E-state index contributed by atoms with van der Waals surface area (Å²) in [6.07, 6.45) is 3.85. The molecule has 0 radical (unpaired) electrons. The molecule has 0 unspecified atom stereocenters. The number of hydrogen-bond donors (Lipinski definition) is 2. The van der Waals surface area contributed by atoms with Gasteiger partial charge < -0.3 is 0 Å². The molecule has 0 aliphatic heterocycles. The maximum absolute atomic E-state index is 11.4. The lowest BCUT2D eigenvalue weighted by atomic mass is 10.1. The van der Waals surface area contributed by atoms with E-state index < -0.39 is 0 Å². The summed E-state index contributed by atoms with van der Waals surface area (Å²) in [6, 6.07) is 4.24. The summed E-state index contributed by atoms with van der Waals surface area (Å²) in [7, 11) is 0. The van der Waals surface area contributed by atoms with E-state index in [0.717, 1.165) is 31.6 Å². The van der Waals surface area contributed by atoms with E-state index in [2.05, 4.69) is 43.0 Å². The van der Waals surface area contributed by atoms with Crippen LogP contribution in [0.3, 0.4) is 0 Å². The Bertz CT molecular complexity index is 426. The third-order valence-electron chi connectivity index (χ3n) is 3.64. The minimum Gasteiger partial charge on any atom is -0.294 e. The van der Waals surface area contributed by atoms with Gasteiger partial charge in [0.05, 0.1) is 11.3 Å². The van der Waals surface area contributed by atoms with Crippen LogP contribution in [0.25, 0.3) is 0 Å². The third-order valence-corrected chi connectivity index (χ3v) is 3.64. The van der Waals surface area contributed by atoms with Crippen LogP contribution in [-0.4, -0.2) is 28.4 Å². The van der Waals surface area contributed by atoms with Gasteiger partial charge in [0.1, 0.15) is 0 Å². The van der Waals surface area contributed by atoms with E-state index >= 15 is 0 Å². The van der Waals surface area contributed by atoms with Crippen LogP contribution in [0.5, 0.6) is 0 Å². The lowest BCUT2D eigenvalue weighted by Crippen LogP contribution is -2.37. The number of pyridine rings is 1. The fraction of sp³-hybridized carbons (Fsp3) is 0.625. The zero-order valence-electron chi connectivity index (χ0n) is 13.6. The first-order valence-corrected chi connectivity index (χ1v) is 7.71. The smallest absolute Gasteiger partial charge is 0.266 e. The van der Waals surface area contributed by atoms with Crippen molar-refractivity contribution in [3.8, 4) is 0 Å². The lowest BCUT2D eigenvalue weighted by molar-refractivity contribution is 0.0953. The predicted molar refractivity (Wildman–Crippen MR) is 85.5 cm³/mol. The minimum atomic E-state index is -0.312. The number of rotatable bonds is 8. The summed E-state index contributed by atoms with van der Waals surface area (Å²) in [5, 5.41) is 0. The van der Waals surface area contributed by atoms with Crippen molar-refractivity contribution in [2.24, 2.45) is 11.8 Å². The van der Waals surface area contributed by atoms with E-state index in [1.807, 2.05) is 6.07 Å². The van der Waals surface area contributed by atoms with Gasteiger partial charge in [0, 0.05) is 25.3 Å². The fourth-order valence-corrected chi connectivity index (χ4v) is 2.56. The zero-order valence-corrected chi connectivity index (χ0v) is 13.6. The number of nitrogens with two attached hydrogens (primary N) is 1. The standard InChI is InChI=1S/C16H28N4O/c1-5-15(6-2)20(10-12(3)4)11-14-8-7-13(9-18-14)16(21)19-17/h7-9,12,15H,5-6,10-11,17H2,1-4H3,(H,19,21). The number of nitrogens with zero attached hydrogens (tertiary/aromatic N) is 2. The van der Waals surface area contributed by atoms with Crippen molar-refractivity contribution in [1.29, 1.82) is 0 Å². The lowest BCUT2D eigenvalue weighted by Gasteiger charge is -2.31. The molecule has 1 aromatic heterocycles. The number of hydrazine groups is 1. The third kappa shape index (κ3) is 5.44. The molecule has 1 rings (SSSR count). The van der Waals surface area contributed by atoms with E-state index in [1.54, 1.807) is 12.3 Å². The van der Waals surface area contributed by atoms with Gasteiger partial charge in [0.15, 0.2) is 0 Å². The van der Waals surface area contributed by atoms with Crippen LogP contribution in [0.1, 0.15) is 56.6 Å². The molecule has 21 heavy (non-hydrogen) atoms. The van der Waals surface area contributed by atoms with Gasteiger partial charge >= 0.3 is 0 Å². The molecule has 3 N–H and O–H groups in total. The van der Waals surface area contributed by atoms with Gasteiger partial charge in [-0.05, 0) is 30.9 Å². The molecule has 0 fully saturated rings. The SMILES string of the molecule is CCC(CC)N(Cc1ccc(C(=O)NN)cn1)CC(C)C. The number of carbonyl (C=O) groups is 1. The molecule has 0 saturated heterocycles. The first-order valence-electron chi connectivity index (χ1n) is 7.71. The summed E-state index contributed by atoms with van der Waals surface area (Å²) in [4.78, 5) is 18.3. The molecule has 1 amide bonds. The van der Waals surface area contributed by atoms with Crippen molar-refractivity contribution < 1.29 is 4.79 Å². The molecule has 1 aromatic rings. The van der Waals surface area contributed by atoms with Crippen LogP contribution in [0.4, 0.5) is 0 Å². The minimum absolute atomic E-state index is 0.312. The molecule has 0 saturated carbocycles. The first-order chi connectivity index (χ1) is 10.0. The molecule has 0 bridgehead atoms. The first kappa shape index (κ1) is 17.6. The Labute approximate surface area is 127 Å². The predicted octanol–water partition coefficient (Wildman–Crippen LogP) is 2.33. The van der Waals surface area contributed by atoms with E-state index in [1.165, 1.54) is 0 Å². The molecular formula is C16H28N4O. The van der Waals surface area contributed by atoms with Gasteiger partial charge in [-0.3, -0.25) is 20.1 Å². The number of nitrogens with one attached hydrogen (secondary N) is 1. The van der Waals surface area contributed by atoms with Crippen LogP contribution in [0.2, 0.25) is 0 Å². The average Bonchev–Trinajstić information content (AvgIpc) is 2.47. The highest BCUT2D eigenvalue weighted by molar-refractivity contribution is 5.93. The summed E-state index contributed by atoms with van der Waals surface area (Å²) < 4.78 is 0. The van der Waals surface area contributed by atoms with Crippen LogP contribution in [0, 0.1) is 5.92 Å². The van der Waals surface area contributed by atoms with Crippen molar-refractivity contribution in [3.05, 3.63) is 29.6 Å². The highest BCUT2D eigenvalue weighted by Gasteiger charge is 2.17. The quantitative estimate of drug-likeness (QED) is 0.438. The normalized spacial score (nSPS) is 11.4. The number of amides is 1. The second-order valence-electron chi connectivity index (χ2n) is 5.81. The van der Waals surface area contributed by atoms with E-state index in [9.17, 15) is 4.79 Å². The number of carbonyl (C=O) groups excluding carboxylic acids is 1. The second kappa shape index (κ2) is 8.74. The number of aromatic nitrogens is 1. The largest absolute Gasteiger partial charge is 0.294 e. The molecule has 118 valence electrons. The Hall–Kier alpha value is -1.46. The van der Waals surface area contributed by atoms with Gasteiger partial charge in [0.25, 0.3) is 5.91 Å².